The average Bonchev–Trinajstić information content (AvgIpc) is 2.82. The van der Waals surface area contributed by atoms with Crippen molar-refractivity contribution in [3.8, 4) is 0 Å². The monoisotopic (exact) mass is 497 g/mol. The van der Waals surface area contributed by atoms with Crippen LogP contribution in [-0.2, 0) is 0 Å². The molecule has 2 aromatic heterocycles. The lowest BCUT2D eigenvalue weighted by molar-refractivity contribution is 0.0997. The van der Waals surface area contributed by atoms with E-state index in [-0.39, 0.29) is 29.3 Å². The molecule has 4 rings (SSSR count). The Hall–Kier alpha value is -3.76. The molecule has 1 aliphatic carbocycles. The number of anilines is 4. The van der Waals surface area contributed by atoms with Crippen molar-refractivity contribution < 1.29 is 14.0 Å². The summed E-state index contributed by atoms with van der Waals surface area (Å²) in [5, 5.41) is 9.04. The predicted molar refractivity (Wildman–Crippen MR) is 133 cm³/mol. The first-order chi connectivity index (χ1) is 16.8. The molecular weight excluding hydrogens is 473 g/mol. The molecule has 3 aromatic rings. The number of aromatic nitrogens is 2. The van der Waals surface area contributed by atoms with Crippen LogP contribution in [0.5, 0.6) is 0 Å². The van der Waals surface area contributed by atoms with E-state index in [0.717, 1.165) is 31.7 Å². The molecule has 0 spiro atoms. The number of amides is 2. The van der Waals surface area contributed by atoms with Gasteiger partial charge in [0.15, 0.2) is 11.6 Å². The van der Waals surface area contributed by atoms with E-state index >= 15 is 0 Å². The van der Waals surface area contributed by atoms with Crippen LogP contribution in [0.2, 0.25) is 5.02 Å². The first kappa shape index (κ1) is 24.4. The summed E-state index contributed by atoms with van der Waals surface area (Å²) >= 11 is 6.09. The summed E-state index contributed by atoms with van der Waals surface area (Å²) in [4.78, 5) is 32.9. The van der Waals surface area contributed by atoms with Crippen LogP contribution in [0.4, 0.5) is 27.4 Å². The SMILES string of the molecule is NC(=O)c1cc(F)c(NC2CCCCC2N)nc1Nc1cncc(NC(=O)c2ccccc2Cl)c1. The van der Waals surface area contributed by atoms with Crippen molar-refractivity contribution in [2.45, 2.75) is 37.8 Å². The topological polar surface area (TPSA) is 148 Å². The molecule has 1 fully saturated rings. The maximum atomic E-state index is 14.7. The van der Waals surface area contributed by atoms with Gasteiger partial charge in [-0.05, 0) is 37.1 Å². The number of rotatable bonds is 7. The summed E-state index contributed by atoms with van der Waals surface area (Å²) < 4.78 is 14.7. The van der Waals surface area contributed by atoms with Gasteiger partial charge in [-0.15, -0.1) is 0 Å². The van der Waals surface area contributed by atoms with Crippen molar-refractivity contribution in [1.29, 1.82) is 0 Å². The lowest BCUT2D eigenvalue weighted by atomic mass is 9.91. The van der Waals surface area contributed by atoms with Gasteiger partial charge in [0.2, 0.25) is 0 Å². The van der Waals surface area contributed by atoms with Crippen LogP contribution in [0.3, 0.4) is 0 Å². The zero-order chi connectivity index (χ0) is 24.9. The number of carbonyl (C=O) groups excluding carboxylic acids is 2. The Labute approximate surface area is 206 Å². The minimum Gasteiger partial charge on any atom is -0.365 e. The maximum absolute atomic E-state index is 14.7. The van der Waals surface area contributed by atoms with Crippen LogP contribution < -0.4 is 27.4 Å². The number of primary amides is 1. The van der Waals surface area contributed by atoms with Gasteiger partial charge in [-0.2, -0.15) is 0 Å². The number of hydrogen-bond acceptors (Lipinski definition) is 7. The lowest BCUT2D eigenvalue weighted by Crippen LogP contribution is -2.43. The van der Waals surface area contributed by atoms with E-state index in [4.69, 9.17) is 23.1 Å². The normalized spacial score (nSPS) is 17.5. The fourth-order valence-electron chi connectivity index (χ4n) is 3.94. The molecule has 2 atom stereocenters. The number of nitrogens with one attached hydrogen (secondary N) is 3. The van der Waals surface area contributed by atoms with Gasteiger partial charge in [-0.3, -0.25) is 14.6 Å². The van der Waals surface area contributed by atoms with Crippen molar-refractivity contribution in [1.82, 2.24) is 9.97 Å². The molecule has 2 amide bonds. The summed E-state index contributed by atoms with van der Waals surface area (Å²) in [7, 11) is 0. The molecule has 0 saturated heterocycles. The Morgan fingerprint density at radius 3 is 2.51 bits per heavy atom. The zero-order valence-electron chi connectivity index (χ0n) is 18.7. The Bertz CT molecular complexity index is 1260. The van der Waals surface area contributed by atoms with Gasteiger partial charge in [0.05, 0.1) is 39.9 Å². The Balaban J connectivity index is 1.57. The lowest BCUT2D eigenvalue weighted by Gasteiger charge is -2.30. The third-order valence-electron chi connectivity index (χ3n) is 5.76. The summed E-state index contributed by atoms with van der Waals surface area (Å²) in [5.74, 6) is -1.96. The smallest absolute Gasteiger partial charge is 0.257 e. The van der Waals surface area contributed by atoms with Crippen molar-refractivity contribution in [3.05, 3.63) is 70.8 Å². The number of pyridine rings is 2. The standard InChI is InChI=1S/C24H25ClFN7O2/c25-17-6-2-1-5-15(17)24(35)31-14-9-13(11-29-12-14)30-22-16(21(28)34)10-18(26)23(33-22)32-20-8-4-3-7-19(20)27/h1-2,5-6,9-12,19-20H,3-4,7-8,27H2,(H2,28,34)(H,31,35)(H2,30,32,33). The molecule has 35 heavy (non-hydrogen) atoms. The number of carbonyl (C=O) groups is 2. The third-order valence-corrected chi connectivity index (χ3v) is 6.09. The van der Waals surface area contributed by atoms with E-state index in [0.29, 0.717) is 22.0 Å². The van der Waals surface area contributed by atoms with E-state index < -0.39 is 17.6 Å². The molecule has 2 heterocycles. The van der Waals surface area contributed by atoms with Gasteiger partial charge in [0.25, 0.3) is 11.8 Å². The van der Waals surface area contributed by atoms with Gasteiger partial charge < -0.3 is 27.4 Å². The van der Waals surface area contributed by atoms with E-state index in [2.05, 4.69) is 25.9 Å². The van der Waals surface area contributed by atoms with E-state index in [9.17, 15) is 14.0 Å². The number of halogens is 2. The summed E-state index contributed by atoms with van der Waals surface area (Å²) in [6.45, 7) is 0. The van der Waals surface area contributed by atoms with E-state index in [1.165, 1.54) is 12.4 Å². The fourth-order valence-corrected chi connectivity index (χ4v) is 4.17. The highest BCUT2D eigenvalue weighted by Gasteiger charge is 2.24. The second-order valence-electron chi connectivity index (χ2n) is 8.30. The molecule has 9 nitrogen and oxygen atoms in total. The highest BCUT2D eigenvalue weighted by atomic mass is 35.5. The second-order valence-corrected chi connectivity index (χ2v) is 8.71. The van der Waals surface area contributed by atoms with Crippen LogP contribution in [0.15, 0.2) is 48.8 Å². The molecule has 1 saturated carbocycles. The van der Waals surface area contributed by atoms with E-state index in [1.54, 1.807) is 30.3 Å². The fraction of sp³-hybridized carbons (Fsp3) is 0.250. The largest absolute Gasteiger partial charge is 0.365 e. The maximum Gasteiger partial charge on any atom is 0.257 e. The van der Waals surface area contributed by atoms with Gasteiger partial charge in [-0.1, -0.05) is 36.6 Å². The first-order valence-electron chi connectivity index (χ1n) is 11.1. The highest BCUT2D eigenvalue weighted by Crippen LogP contribution is 2.27. The van der Waals surface area contributed by atoms with Crippen molar-refractivity contribution in [3.63, 3.8) is 0 Å². The van der Waals surface area contributed by atoms with Crippen LogP contribution in [-0.4, -0.2) is 33.9 Å². The molecular formula is C24H25ClFN7O2. The molecule has 1 aliphatic rings. The number of benzene rings is 1. The summed E-state index contributed by atoms with van der Waals surface area (Å²) in [5.41, 5.74) is 12.6. The van der Waals surface area contributed by atoms with E-state index in [1.807, 2.05) is 0 Å². The molecule has 0 bridgehead atoms. The van der Waals surface area contributed by atoms with Crippen molar-refractivity contribution >= 4 is 46.4 Å². The second kappa shape index (κ2) is 10.7. The van der Waals surface area contributed by atoms with Crippen LogP contribution in [0, 0.1) is 5.82 Å². The third kappa shape index (κ3) is 5.84. The van der Waals surface area contributed by atoms with Gasteiger partial charge in [0, 0.05) is 12.1 Å². The summed E-state index contributed by atoms with van der Waals surface area (Å²) in [6.07, 6.45) is 6.55. The number of nitrogens with two attached hydrogens (primary N) is 2. The molecule has 7 N–H and O–H groups in total. The number of nitrogens with zero attached hydrogens (tertiary/aromatic N) is 2. The van der Waals surface area contributed by atoms with Crippen LogP contribution >= 0.6 is 11.6 Å². The van der Waals surface area contributed by atoms with Crippen LogP contribution in [0.1, 0.15) is 46.4 Å². The van der Waals surface area contributed by atoms with Crippen molar-refractivity contribution in [2.75, 3.05) is 16.0 Å². The summed E-state index contributed by atoms with van der Waals surface area (Å²) in [6, 6.07) is 9.00. The molecule has 1 aromatic carbocycles. The molecule has 182 valence electrons. The van der Waals surface area contributed by atoms with Gasteiger partial charge >= 0.3 is 0 Å². The Morgan fingerprint density at radius 1 is 1.03 bits per heavy atom. The van der Waals surface area contributed by atoms with Crippen LogP contribution in [0.25, 0.3) is 0 Å². The highest BCUT2D eigenvalue weighted by molar-refractivity contribution is 6.34. The number of hydrogen-bond donors (Lipinski definition) is 5. The minimum atomic E-state index is -0.851. The van der Waals surface area contributed by atoms with Gasteiger partial charge in [0.1, 0.15) is 5.82 Å². The van der Waals surface area contributed by atoms with Gasteiger partial charge in [-0.25, -0.2) is 9.37 Å². The average molecular weight is 498 g/mol. The first-order valence-corrected chi connectivity index (χ1v) is 11.5. The molecule has 0 aliphatic heterocycles. The van der Waals surface area contributed by atoms with Crippen molar-refractivity contribution in [2.24, 2.45) is 11.5 Å². The predicted octanol–water partition coefficient (Wildman–Crippen LogP) is 4.05. The quantitative estimate of drug-likeness (QED) is 0.330. The molecule has 2 unspecified atom stereocenters. The Kier molecular flexibility index (Phi) is 7.42. The molecule has 11 heteroatoms. The zero-order valence-corrected chi connectivity index (χ0v) is 19.5. The Morgan fingerprint density at radius 2 is 1.77 bits per heavy atom. The molecule has 0 radical (unpaired) electrons. The minimum absolute atomic E-state index is 0.0315.